The standard InChI is InChI=1S/C5H3NSSe/c8-4-6-5-2-1-3-7-5/h1-3H. The number of thiophene rings is 1. The van der Waals surface area contributed by atoms with Crippen LogP contribution in [0.2, 0.25) is 0 Å². The van der Waals surface area contributed by atoms with Gasteiger partial charge in [0.2, 0.25) is 0 Å². The molecule has 3 heteroatoms. The van der Waals surface area contributed by atoms with Crippen LogP contribution in [0.5, 0.6) is 0 Å². The Morgan fingerprint density at radius 1 is 1.75 bits per heavy atom. The van der Waals surface area contributed by atoms with Gasteiger partial charge >= 0.3 is 59.1 Å². The summed E-state index contributed by atoms with van der Waals surface area (Å²) in [5.41, 5.74) is 0. The van der Waals surface area contributed by atoms with Crippen molar-refractivity contribution in [2.75, 3.05) is 0 Å². The summed E-state index contributed by atoms with van der Waals surface area (Å²) >= 11 is 4.17. The molecule has 0 saturated heterocycles. The number of nitrogens with zero attached hydrogens (tertiary/aromatic N) is 1. The van der Waals surface area contributed by atoms with E-state index in [1.165, 1.54) is 0 Å². The van der Waals surface area contributed by atoms with Crippen molar-refractivity contribution < 1.29 is 0 Å². The zero-order valence-electron chi connectivity index (χ0n) is 4.00. The molecule has 1 heterocycles. The molecule has 0 aliphatic rings. The van der Waals surface area contributed by atoms with Crippen LogP contribution in [0.4, 0.5) is 5.00 Å². The Hall–Kier alpha value is -0.201. The van der Waals surface area contributed by atoms with Gasteiger partial charge in [-0.15, -0.1) is 0 Å². The number of hydrogen-bond acceptors (Lipinski definition) is 2. The van der Waals surface area contributed by atoms with E-state index in [0.29, 0.717) is 0 Å². The van der Waals surface area contributed by atoms with E-state index in [0.717, 1.165) is 5.00 Å². The monoisotopic (exact) mass is 189 g/mol. The number of aliphatic imine (C=N–C) groups is 1. The number of hydrogen-bond donors (Lipinski definition) is 0. The minimum atomic E-state index is 0.990. The quantitative estimate of drug-likeness (QED) is 0.467. The van der Waals surface area contributed by atoms with Gasteiger partial charge in [0.05, 0.1) is 0 Å². The minimum absolute atomic E-state index is 0.990. The summed E-state index contributed by atoms with van der Waals surface area (Å²) in [4.78, 5) is 3.88. The van der Waals surface area contributed by atoms with Crippen molar-refractivity contribution in [3.05, 3.63) is 17.5 Å². The average molecular weight is 188 g/mol. The van der Waals surface area contributed by atoms with Gasteiger partial charge in [0.1, 0.15) is 0 Å². The van der Waals surface area contributed by atoms with Crippen molar-refractivity contribution in [2.45, 2.75) is 0 Å². The van der Waals surface area contributed by atoms with Crippen molar-refractivity contribution in [3.8, 4) is 0 Å². The normalized spacial score (nSPS) is 8.00. The third kappa shape index (κ3) is 1.39. The molecule has 40 valence electrons. The molecular formula is C5H3NSSe. The Labute approximate surface area is 59.4 Å². The van der Waals surface area contributed by atoms with E-state index in [-0.39, 0.29) is 0 Å². The fourth-order valence-electron chi connectivity index (χ4n) is 0.378. The zero-order valence-corrected chi connectivity index (χ0v) is 6.53. The molecule has 0 aliphatic heterocycles. The molecule has 0 radical (unpaired) electrons. The summed E-state index contributed by atoms with van der Waals surface area (Å²) in [5.74, 6) is 0. The second-order valence-electron chi connectivity index (χ2n) is 1.15. The van der Waals surface area contributed by atoms with Crippen LogP contribution in [0, 0.1) is 0 Å². The van der Waals surface area contributed by atoms with Gasteiger partial charge in [-0.3, -0.25) is 0 Å². The van der Waals surface area contributed by atoms with Crippen LogP contribution in [0.25, 0.3) is 0 Å². The Morgan fingerprint density at radius 2 is 2.62 bits per heavy atom. The van der Waals surface area contributed by atoms with Crippen LogP contribution in [-0.2, 0) is 0 Å². The third-order valence-corrected chi connectivity index (χ3v) is 1.62. The van der Waals surface area contributed by atoms with Gasteiger partial charge in [-0.25, -0.2) is 0 Å². The zero-order chi connectivity index (χ0) is 5.82. The molecule has 0 N–H and O–H groups in total. The van der Waals surface area contributed by atoms with Crippen LogP contribution in [0.1, 0.15) is 0 Å². The Balaban J connectivity index is 2.93. The van der Waals surface area contributed by atoms with Gasteiger partial charge in [0.25, 0.3) is 0 Å². The van der Waals surface area contributed by atoms with Crippen LogP contribution in [-0.4, -0.2) is 20.3 Å². The molecule has 0 aliphatic carbocycles. The van der Waals surface area contributed by atoms with E-state index in [1.807, 2.05) is 17.5 Å². The molecule has 0 bridgehead atoms. The second kappa shape index (κ2) is 2.95. The first-order chi connectivity index (χ1) is 3.93. The average Bonchev–Trinajstić information content (AvgIpc) is 2.19. The summed E-state index contributed by atoms with van der Waals surface area (Å²) in [5, 5.41) is 2.97. The van der Waals surface area contributed by atoms with Crippen molar-refractivity contribution >= 4 is 36.6 Å². The molecular weight excluding hydrogens is 185 g/mol. The molecule has 0 amide bonds. The summed E-state index contributed by atoms with van der Waals surface area (Å²) in [6, 6.07) is 3.90. The third-order valence-electron chi connectivity index (χ3n) is 0.662. The fourth-order valence-corrected chi connectivity index (χ4v) is 1.27. The van der Waals surface area contributed by atoms with Crippen molar-refractivity contribution in [1.82, 2.24) is 0 Å². The predicted octanol–water partition coefficient (Wildman–Crippen LogP) is 1.45. The SMILES string of the molecule is [Se]=C=Nc1cccs1. The molecule has 0 saturated carbocycles. The van der Waals surface area contributed by atoms with E-state index in [9.17, 15) is 0 Å². The van der Waals surface area contributed by atoms with Gasteiger partial charge in [0.15, 0.2) is 0 Å². The molecule has 8 heavy (non-hydrogen) atoms. The molecule has 0 fully saturated rings. The first-order valence-electron chi connectivity index (χ1n) is 2.05. The van der Waals surface area contributed by atoms with Crippen LogP contribution in [0.3, 0.4) is 0 Å². The van der Waals surface area contributed by atoms with E-state index < -0.39 is 0 Å². The number of rotatable bonds is 1. The van der Waals surface area contributed by atoms with Crippen LogP contribution < -0.4 is 0 Å². The Bertz CT molecular complexity index is 198. The maximum absolute atomic E-state index is 3.88. The van der Waals surface area contributed by atoms with Gasteiger partial charge in [-0.05, 0) is 0 Å². The van der Waals surface area contributed by atoms with Crippen molar-refractivity contribution in [2.24, 2.45) is 4.99 Å². The van der Waals surface area contributed by atoms with Gasteiger partial charge in [-0.1, -0.05) is 0 Å². The Kier molecular flexibility index (Phi) is 2.19. The molecule has 1 nitrogen and oxygen atoms in total. The molecule has 1 aromatic heterocycles. The van der Waals surface area contributed by atoms with Crippen molar-refractivity contribution in [1.29, 1.82) is 0 Å². The first kappa shape index (κ1) is 5.93. The van der Waals surface area contributed by atoms with Crippen LogP contribution in [0.15, 0.2) is 22.5 Å². The predicted molar refractivity (Wildman–Crippen MR) is 37.2 cm³/mol. The molecule has 0 unspecified atom stereocenters. The van der Waals surface area contributed by atoms with Crippen LogP contribution >= 0.6 is 11.3 Å². The van der Waals surface area contributed by atoms with Crippen molar-refractivity contribution in [3.63, 3.8) is 0 Å². The summed E-state index contributed by atoms with van der Waals surface area (Å²) in [6.45, 7) is 0. The van der Waals surface area contributed by atoms with E-state index >= 15 is 0 Å². The molecule has 1 aromatic rings. The first-order valence-corrected chi connectivity index (χ1v) is 3.78. The second-order valence-corrected chi connectivity index (χ2v) is 2.46. The summed E-state index contributed by atoms with van der Waals surface area (Å²) in [7, 11) is 0. The fraction of sp³-hybridized carbons (Fsp3) is 0. The maximum atomic E-state index is 3.88. The molecule has 1 rings (SSSR count). The summed E-state index contributed by atoms with van der Waals surface area (Å²) in [6.07, 6.45) is 0. The van der Waals surface area contributed by atoms with E-state index in [4.69, 9.17) is 0 Å². The van der Waals surface area contributed by atoms with Gasteiger partial charge in [-0.2, -0.15) is 0 Å². The van der Waals surface area contributed by atoms with Gasteiger partial charge in [0, 0.05) is 0 Å². The van der Waals surface area contributed by atoms with E-state index in [1.54, 1.807) is 11.3 Å². The summed E-state index contributed by atoms with van der Waals surface area (Å²) < 4.78 is 2.58. The molecule has 0 atom stereocenters. The van der Waals surface area contributed by atoms with Gasteiger partial charge < -0.3 is 0 Å². The molecule has 0 spiro atoms. The van der Waals surface area contributed by atoms with E-state index in [2.05, 4.69) is 25.3 Å². The Morgan fingerprint density at radius 3 is 3.12 bits per heavy atom. The topological polar surface area (TPSA) is 12.4 Å². The molecule has 0 aromatic carbocycles.